The van der Waals surface area contributed by atoms with Crippen molar-refractivity contribution in [1.82, 2.24) is 4.72 Å². The first-order chi connectivity index (χ1) is 11.4. The smallest absolute Gasteiger partial charge is 0.240 e. The molecule has 128 valence electrons. The van der Waals surface area contributed by atoms with Gasteiger partial charge in [0.15, 0.2) is 0 Å². The summed E-state index contributed by atoms with van der Waals surface area (Å²) in [7, 11) is -3.53. The van der Waals surface area contributed by atoms with Crippen molar-refractivity contribution in [3.63, 3.8) is 0 Å². The van der Waals surface area contributed by atoms with Crippen molar-refractivity contribution in [3.05, 3.63) is 59.7 Å². The van der Waals surface area contributed by atoms with E-state index in [9.17, 15) is 13.2 Å². The van der Waals surface area contributed by atoms with Gasteiger partial charge in [-0.15, -0.1) is 0 Å². The first-order valence-corrected chi connectivity index (χ1v) is 9.28. The zero-order valence-corrected chi connectivity index (χ0v) is 14.7. The van der Waals surface area contributed by atoms with Crippen LogP contribution in [-0.2, 0) is 21.2 Å². The maximum atomic E-state index is 12.2. The fraction of sp³-hybridized carbons (Fsp3) is 0.278. The normalized spacial score (nSPS) is 11.2. The van der Waals surface area contributed by atoms with E-state index in [0.29, 0.717) is 12.2 Å². The Morgan fingerprint density at radius 3 is 2.42 bits per heavy atom. The minimum atomic E-state index is -3.53. The van der Waals surface area contributed by atoms with Crippen LogP contribution in [0.15, 0.2) is 53.4 Å². The first kappa shape index (κ1) is 18.2. The molecule has 0 aliphatic rings. The van der Waals surface area contributed by atoms with Crippen molar-refractivity contribution < 1.29 is 13.2 Å². The molecule has 0 unspecified atom stereocenters. The molecule has 2 aromatic carbocycles. The van der Waals surface area contributed by atoms with Gasteiger partial charge in [-0.2, -0.15) is 0 Å². The Morgan fingerprint density at radius 1 is 1.08 bits per heavy atom. The monoisotopic (exact) mass is 346 g/mol. The SMILES string of the molecule is CC(=O)Nc1ccc(S(=O)(=O)NCCCc2cccc(C)c2)cc1. The number of anilines is 1. The molecule has 0 aliphatic heterocycles. The van der Waals surface area contributed by atoms with Crippen LogP contribution in [0.1, 0.15) is 24.5 Å². The molecule has 2 N–H and O–H groups in total. The molecule has 5 nitrogen and oxygen atoms in total. The van der Waals surface area contributed by atoms with Crippen LogP contribution in [0.4, 0.5) is 5.69 Å². The van der Waals surface area contributed by atoms with E-state index in [4.69, 9.17) is 0 Å². The molecular formula is C18H22N2O3S. The van der Waals surface area contributed by atoms with Crippen molar-refractivity contribution >= 4 is 21.6 Å². The highest BCUT2D eigenvalue weighted by Gasteiger charge is 2.13. The Balaban J connectivity index is 1.88. The standard InChI is InChI=1S/C18H22N2O3S/c1-14-5-3-6-16(13-14)7-4-12-19-24(22,23)18-10-8-17(9-11-18)20-15(2)21/h3,5-6,8-11,13,19H,4,7,12H2,1-2H3,(H,20,21). The van der Waals surface area contributed by atoms with Gasteiger partial charge in [-0.05, 0) is 49.6 Å². The third-order valence-electron chi connectivity index (χ3n) is 3.50. The van der Waals surface area contributed by atoms with Crippen LogP contribution >= 0.6 is 0 Å². The van der Waals surface area contributed by atoms with Crippen molar-refractivity contribution in [2.24, 2.45) is 0 Å². The number of hydrogen-bond acceptors (Lipinski definition) is 3. The molecular weight excluding hydrogens is 324 g/mol. The fourth-order valence-electron chi connectivity index (χ4n) is 2.37. The number of carbonyl (C=O) groups is 1. The molecule has 0 radical (unpaired) electrons. The highest BCUT2D eigenvalue weighted by atomic mass is 32.2. The van der Waals surface area contributed by atoms with Gasteiger partial charge in [0.1, 0.15) is 0 Å². The van der Waals surface area contributed by atoms with Crippen molar-refractivity contribution in [2.45, 2.75) is 31.6 Å². The highest BCUT2D eigenvalue weighted by Crippen LogP contribution is 2.14. The van der Waals surface area contributed by atoms with Crippen LogP contribution in [0.2, 0.25) is 0 Å². The Bertz CT molecular complexity index is 799. The fourth-order valence-corrected chi connectivity index (χ4v) is 3.44. The Morgan fingerprint density at radius 2 is 1.79 bits per heavy atom. The minimum absolute atomic E-state index is 0.187. The second-order valence-electron chi connectivity index (χ2n) is 5.70. The summed E-state index contributed by atoms with van der Waals surface area (Å²) in [5, 5.41) is 2.60. The maximum Gasteiger partial charge on any atom is 0.240 e. The van der Waals surface area contributed by atoms with E-state index in [1.807, 2.05) is 25.1 Å². The summed E-state index contributed by atoms with van der Waals surface area (Å²) in [6.45, 7) is 3.82. The molecule has 24 heavy (non-hydrogen) atoms. The quantitative estimate of drug-likeness (QED) is 0.757. The summed E-state index contributed by atoms with van der Waals surface area (Å²) in [6.07, 6.45) is 1.55. The van der Waals surface area contributed by atoms with Gasteiger partial charge in [0.25, 0.3) is 0 Å². The molecule has 0 saturated heterocycles. The molecule has 0 atom stereocenters. The van der Waals surface area contributed by atoms with E-state index in [1.54, 1.807) is 12.1 Å². The largest absolute Gasteiger partial charge is 0.326 e. The molecule has 0 aliphatic carbocycles. The van der Waals surface area contributed by atoms with E-state index in [1.165, 1.54) is 30.2 Å². The van der Waals surface area contributed by atoms with Crippen LogP contribution in [-0.4, -0.2) is 20.9 Å². The van der Waals surface area contributed by atoms with Gasteiger partial charge < -0.3 is 5.32 Å². The molecule has 6 heteroatoms. The Kier molecular flexibility index (Phi) is 6.11. The van der Waals surface area contributed by atoms with Gasteiger partial charge in [-0.3, -0.25) is 4.79 Å². The van der Waals surface area contributed by atoms with Gasteiger partial charge in [0.2, 0.25) is 15.9 Å². The zero-order valence-electron chi connectivity index (χ0n) is 13.9. The van der Waals surface area contributed by atoms with Crippen LogP contribution in [0.3, 0.4) is 0 Å². The van der Waals surface area contributed by atoms with Crippen molar-refractivity contribution in [3.8, 4) is 0 Å². The second kappa shape index (κ2) is 8.08. The molecule has 0 saturated carbocycles. The average Bonchev–Trinajstić information content (AvgIpc) is 2.52. The summed E-state index contributed by atoms with van der Waals surface area (Å²) < 4.78 is 27.1. The van der Waals surface area contributed by atoms with E-state index < -0.39 is 10.0 Å². The molecule has 2 aromatic rings. The van der Waals surface area contributed by atoms with Crippen LogP contribution in [0.25, 0.3) is 0 Å². The van der Waals surface area contributed by atoms with Gasteiger partial charge in [-0.1, -0.05) is 29.8 Å². The Labute approximate surface area is 143 Å². The Hall–Kier alpha value is -2.18. The number of nitrogens with one attached hydrogen (secondary N) is 2. The van der Waals surface area contributed by atoms with Gasteiger partial charge in [-0.25, -0.2) is 13.1 Å². The molecule has 0 bridgehead atoms. The van der Waals surface area contributed by atoms with E-state index in [0.717, 1.165) is 12.8 Å². The molecule has 2 rings (SSSR count). The number of benzene rings is 2. The van der Waals surface area contributed by atoms with Crippen LogP contribution in [0, 0.1) is 6.92 Å². The highest BCUT2D eigenvalue weighted by molar-refractivity contribution is 7.89. The summed E-state index contributed by atoms with van der Waals surface area (Å²) in [5.74, 6) is -0.195. The number of amides is 1. The zero-order chi connectivity index (χ0) is 17.6. The van der Waals surface area contributed by atoms with Crippen molar-refractivity contribution in [1.29, 1.82) is 0 Å². The second-order valence-corrected chi connectivity index (χ2v) is 7.46. The summed E-state index contributed by atoms with van der Waals surface area (Å²) in [4.78, 5) is 11.2. The lowest BCUT2D eigenvalue weighted by Crippen LogP contribution is -2.25. The lowest BCUT2D eigenvalue weighted by atomic mass is 10.1. The first-order valence-electron chi connectivity index (χ1n) is 7.80. The molecule has 1 amide bonds. The third-order valence-corrected chi connectivity index (χ3v) is 4.98. The van der Waals surface area contributed by atoms with Crippen molar-refractivity contribution in [2.75, 3.05) is 11.9 Å². The number of sulfonamides is 1. The van der Waals surface area contributed by atoms with Crippen LogP contribution in [0.5, 0.6) is 0 Å². The summed E-state index contributed by atoms with van der Waals surface area (Å²) in [5.41, 5.74) is 2.97. The van der Waals surface area contributed by atoms with E-state index in [2.05, 4.69) is 16.1 Å². The minimum Gasteiger partial charge on any atom is -0.326 e. The van der Waals surface area contributed by atoms with E-state index in [-0.39, 0.29) is 10.8 Å². The molecule has 0 aromatic heterocycles. The maximum absolute atomic E-state index is 12.2. The number of rotatable bonds is 7. The van der Waals surface area contributed by atoms with Gasteiger partial charge >= 0.3 is 0 Å². The lowest BCUT2D eigenvalue weighted by Gasteiger charge is -2.08. The third kappa shape index (κ3) is 5.47. The van der Waals surface area contributed by atoms with E-state index >= 15 is 0 Å². The van der Waals surface area contributed by atoms with Gasteiger partial charge in [0.05, 0.1) is 4.90 Å². The van der Waals surface area contributed by atoms with Gasteiger partial charge in [0, 0.05) is 19.2 Å². The number of hydrogen-bond donors (Lipinski definition) is 2. The van der Waals surface area contributed by atoms with Crippen LogP contribution < -0.4 is 10.0 Å². The molecule has 0 spiro atoms. The predicted molar refractivity (Wildman–Crippen MR) is 95.4 cm³/mol. The summed E-state index contributed by atoms with van der Waals surface area (Å²) >= 11 is 0. The number of aryl methyl sites for hydroxylation is 2. The lowest BCUT2D eigenvalue weighted by molar-refractivity contribution is -0.114. The average molecular weight is 346 g/mol. The molecule has 0 heterocycles. The number of carbonyl (C=O) groups excluding carboxylic acids is 1. The predicted octanol–water partition coefficient (Wildman–Crippen LogP) is 2.86. The molecule has 0 fully saturated rings. The topological polar surface area (TPSA) is 75.3 Å². The summed E-state index contributed by atoms with van der Waals surface area (Å²) in [6, 6.07) is 14.3.